The Balaban J connectivity index is 1.77. The molecule has 1 aliphatic heterocycles. The average Bonchev–Trinajstić information content (AvgIpc) is 3.10. The molecule has 6 heteroatoms. The van der Waals surface area contributed by atoms with Crippen molar-refractivity contribution in [1.82, 2.24) is 14.8 Å². The molecule has 1 aliphatic rings. The Morgan fingerprint density at radius 1 is 1.08 bits per heavy atom. The molecular weight excluding hydrogens is 415 g/mol. The van der Waals surface area contributed by atoms with Gasteiger partial charge in [0.15, 0.2) is 0 Å². The van der Waals surface area contributed by atoms with Crippen molar-refractivity contribution in [2.24, 2.45) is 0 Å². The van der Waals surface area contributed by atoms with Crippen LogP contribution in [0.5, 0.6) is 5.75 Å². The zero-order valence-corrected chi connectivity index (χ0v) is 15.1. The molecule has 4 rings (SSSR count). The minimum absolute atomic E-state index is 0.0102. The van der Waals surface area contributed by atoms with Gasteiger partial charge < -0.3 is 10.1 Å². The highest BCUT2D eigenvalue weighted by atomic mass is 127. The largest absolute Gasteiger partial charge is 0.497 e. The van der Waals surface area contributed by atoms with Crippen molar-refractivity contribution >= 4 is 34.2 Å². The topological polar surface area (TPSA) is 52.0 Å². The van der Waals surface area contributed by atoms with E-state index >= 15 is 0 Å². The molecule has 120 valence electrons. The summed E-state index contributed by atoms with van der Waals surface area (Å²) in [4.78, 5) is 4.33. The van der Waals surface area contributed by atoms with Crippen LogP contribution in [-0.2, 0) is 0 Å². The predicted molar refractivity (Wildman–Crippen MR) is 102 cm³/mol. The number of nitrogens with one attached hydrogen (secondary N) is 1. The lowest BCUT2D eigenvalue weighted by atomic mass is 10.0. The van der Waals surface area contributed by atoms with Crippen molar-refractivity contribution < 1.29 is 4.74 Å². The predicted octanol–water partition coefficient (Wildman–Crippen LogP) is 3.95. The number of hydrogen-bond donors (Lipinski definition) is 1. The number of nitrogens with zero attached hydrogens (tertiary/aromatic N) is 3. The molecule has 1 atom stereocenters. The first kappa shape index (κ1) is 15.2. The second-order valence-corrected chi connectivity index (χ2v) is 6.70. The normalized spacial score (nSPS) is 16.1. The molecule has 0 amide bonds. The Morgan fingerprint density at radius 2 is 1.83 bits per heavy atom. The van der Waals surface area contributed by atoms with Gasteiger partial charge in [-0.1, -0.05) is 24.3 Å². The van der Waals surface area contributed by atoms with E-state index in [2.05, 4.69) is 80.5 Å². The smallest absolute Gasteiger partial charge is 0.226 e. The summed E-state index contributed by atoms with van der Waals surface area (Å²) in [5, 5.41) is 7.72. The van der Waals surface area contributed by atoms with Crippen molar-refractivity contribution in [2.75, 3.05) is 12.4 Å². The molecule has 0 saturated heterocycles. The maximum absolute atomic E-state index is 5.25. The van der Waals surface area contributed by atoms with Crippen LogP contribution in [0.1, 0.15) is 17.2 Å². The van der Waals surface area contributed by atoms with E-state index in [1.807, 2.05) is 16.8 Å². The molecule has 0 saturated carbocycles. The van der Waals surface area contributed by atoms with Crippen molar-refractivity contribution in [2.45, 2.75) is 6.04 Å². The Hall–Kier alpha value is -2.35. The van der Waals surface area contributed by atoms with Gasteiger partial charge in [-0.05, 0) is 64.1 Å². The van der Waals surface area contributed by atoms with Crippen molar-refractivity contribution in [1.29, 1.82) is 0 Å². The third-order valence-corrected chi connectivity index (χ3v) is 4.74. The van der Waals surface area contributed by atoms with Gasteiger partial charge in [-0.25, -0.2) is 4.68 Å². The highest BCUT2D eigenvalue weighted by molar-refractivity contribution is 14.1. The van der Waals surface area contributed by atoms with Gasteiger partial charge in [0.1, 0.15) is 18.1 Å². The fourth-order valence-corrected chi connectivity index (χ4v) is 3.13. The van der Waals surface area contributed by atoms with Crippen LogP contribution in [0.4, 0.5) is 5.95 Å². The molecule has 0 spiro atoms. The molecule has 1 N–H and O–H groups in total. The molecule has 1 aromatic heterocycles. The standard InChI is InChI=1S/C18H15IN4O/c1-24-15-8-4-13(5-9-15)17-10-16(12-2-6-14(19)7-3-12)22-18-20-11-21-23(17)18/h2-11,17H,1H3,(H,20,21,22). The van der Waals surface area contributed by atoms with Crippen LogP contribution >= 0.6 is 22.6 Å². The molecule has 1 unspecified atom stereocenters. The Labute approximate surface area is 153 Å². The van der Waals surface area contributed by atoms with Gasteiger partial charge in [0.25, 0.3) is 0 Å². The van der Waals surface area contributed by atoms with Crippen LogP contribution in [-0.4, -0.2) is 21.9 Å². The highest BCUT2D eigenvalue weighted by Crippen LogP contribution is 2.32. The fraction of sp³-hybridized carbons (Fsp3) is 0.111. The summed E-state index contributed by atoms with van der Waals surface area (Å²) in [5.74, 6) is 1.58. The van der Waals surface area contributed by atoms with E-state index < -0.39 is 0 Å². The van der Waals surface area contributed by atoms with E-state index in [-0.39, 0.29) is 6.04 Å². The minimum atomic E-state index is -0.0102. The van der Waals surface area contributed by atoms with E-state index in [0.717, 1.165) is 28.5 Å². The van der Waals surface area contributed by atoms with Crippen LogP contribution in [0.2, 0.25) is 0 Å². The summed E-state index contributed by atoms with van der Waals surface area (Å²) in [6.45, 7) is 0. The Bertz CT molecular complexity index is 884. The molecule has 3 aromatic rings. The first-order chi connectivity index (χ1) is 11.7. The summed E-state index contributed by atoms with van der Waals surface area (Å²) in [5.41, 5.74) is 3.29. The minimum Gasteiger partial charge on any atom is -0.497 e. The summed E-state index contributed by atoms with van der Waals surface area (Å²) < 4.78 is 8.35. The van der Waals surface area contributed by atoms with E-state index in [9.17, 15) is 0 Å². The third-order valence-electron chi connectivity index (χ3n) is 4.02. The molecule has 0 aliphatic carbocycles. The first-order valence-electron chi connectivity index (χ1n) is 7.53. The maximum atomic E-state index is 5.25. The lowest BCUT2D eigenvalue weighted by molar-refractivity contribution is 0.414. The molecule has 24 heavy (non-hydrogen) atoms. The molecule has 5 nitrogen and oxygen atoms in total. The van der Waals surface area contributed by atoms with Gasteiger partial charge >= 0.3 is 0 Å². The summed E-state index contributed by atoms with van der Waals surface area (Å²) in [6, 6.07) is 16.4. The highest BCUT2D eigenvalue weighted by Gasteiger charge is 2.23. The Kier molecular flexibility index (Phi) is 3.97. The summed E-state index contributed by atoms with van der Waals surface area (Å²) in [6.07, 6.45) is 3.75. The van der Waals surface area contributed by atoms with Gasteiger partial charge in [-0.2, -0.15) is 10.1 Å². The van der Waals surface area contributed by atoms with Crippen LogP contribution in [0.3, 0.4) is 0 Å². The number of aromatic nitrogens is 3. The number of rotatable bonds is 3. The quantitative estimate of drug-likeness (QED) is 0.640. The third kappa shape index (κ3) is 2.77. The number of fused-ring (bicyclic) bond motifs is 1. The van der Waals surface area contributed by atoms with Crippen LogP contribution < -0.4 is 10.1 Å². The number of halogens is 1. The molecule has 0 radical (unpaired) electrons. The zero-order valence-electron chi connectivity index (χ0n) is 13.0. The molecule has 0 fully saturated rings. The molecule has 2 heterocycles. The number of benzene rings is 2. The van der Waals surface area contributed by atoms with Crippen molar-refractivity contribution in [3.8, 4) is 5.75 Å². The maximum Gasteiger partial charge on any atom is 0.226 e. The van der Waals surface area contributed by atoms with Gasteiger partial charge in [-0.3, -0.25) is 0 Å². The second kappa shape index (κ2) is 6.27. The van der Waals surface area contributed by atoms with Gasteiger partial charge in [0, 0.05) is 9.27 Å². The monoisotopic (exact) mass is 430 g/mol. The fourth-order valence-electron chi connectivity index (χ4n) is 2.77. The van der Waals surface area contributed by atoms with Gasteiger partial charge in [0.2, 0.25) is 5.95 Å². The van der Waals surface area contributed by atoms with E-state index in [4.69, 9.17) is 4.74 Å². The number of methoxy groups -OCH3 is 1. The number of ether oxygens (including phenoxy) is 1. The van der Waals surface area contributed by atoms with Gasteiger partial charge in [0.05, 0.1) is 7.11 Å². The first-order valence-corrected chi connectivity index (χ1v) is 8.61. The van der Waals surface area contributed by atoms with Crippen LogP contribution in [0.25, 0.3) is 5.70 Å². The lowest BCUT2D eigenvalue weighted by Crippen LogP contribution is -2.20. The van der Waals surface area contributed by atoms with E-state index in [1.54, 1.807) is 13.4 Å². The number of hydrogen-bond acceptors (Lipinski definition) is 4. The van der Waals surface area contributed by atoms with Crippen LogP contribution in [0, 0.1) is 3.57 Å². The van der Waals surface area contributed by atoms with Crippen LogP contribution in [0.15, 0.2) is 60.9 Å². The molecular formula is C18H15IN4O. The molecule has 2 aromatic carbocycles. The van der Waals surface area contributed by atoms with Crippen molar-refractivity contribution in [3.63, 3.8) is 0 Å². The van der Waals surface area contributed by atoms with Gasteiger partial charge in [-0.15, -0.1) is 0 Å². The zero-order chi connectivity index (χ0) is 16.5. The molecule has 0 bridgehead atoms. The number of anilines is 1. The van der Waals surface area contributed by atoms with E-state index in [0.29, 0.717) is 0 Å². The van der Waals surface area contributed by atoms with Crippen molar-refractivity contribution in [3.05, 3.63) is 75.6 Å². The summed E-state index contributed by atoms with van der Waals surface area (Å²) >= 11 is 2.31. The number of allylic oxidation sites excluding steroid dienone is 1. The lowest BCUT2D eigenvalue weighted by Gasteiger charge is -2.24. The Morgan fingerprint density at radius 3 is 2.54 bits per heavy atom. The second-order valence-electron chi connectivity index (χ2n) is 5.46. The summed E-state index contributed by atoms with van der Waals surface area (Å²) in [7, 11) is 1.67. The average molecular weight is 430 g/mol. The SMILES string of the molecule is COc1ccc(C2C=C(c3ccc(I)cc3)Nc3ncnn32)cc1. The van der Waals surface area contributed by atoms with E-state index in [1.165, 1.54) is 3.57 Å².